The van der Waals surface area contributed by atoms with Crippen LogP contribution in [0.15, 0.2) is 40.9 Å². The van der Waals surface area contributed by atoms with Crippen molar-refractivity contribution in [3.05, 3.63) is 58.4 Å². The monoisotopic (exact) mass is 399 g/mol. The lowest BCUT2D eigenvalue weighted by molar-refractivity contribution is -0.116. The first-order valence-corrected chi connectivity index (χ1v) is 9.23. The van der Waals surface area contributed by atoms with Gasteiger partial charge in [-0.15, -0.1) is 0 Å². The molecule has 0 unspecified atom stereocenters. The molecule has 28 heavy (non-hydrogen) atoms. The summed E-state index contributed by atoms with van der Waals surface area (Å²) in [5, 5.41) is 16.9. The summed E-state index contributed by atoms with van der Waals surface area (Å²) in [5.41, 5.74) is 1.50. The highest BCUT2D eigenvalue weighted by Crippen LogP contribution is 2.40. The van der Waals surface area contributed by atoms with E-state index in [1.54, 1.807) is 23.0 Å². The number of carbonyl (C=O) groups excluding carboxylic acids is 1. The Balaban J connectivity index is 1.74. The second kappa shape index (κ2) is 6.83. The number of anilines is 1. The number of fused-ring (bicyclic) bond motifs is 1. The number of hydrogen-bond acceptors (Lipinski definition) is 4. The van der Waals surface area contributed by atoms with E-state index in [1.807, 2.05) is 13.8 Å². The van der Waals surface area contributed by atoms with Crippen molar-refractivity contribution < 1.29 is 19.1 Å². The van der Waals surface area contributed by atoms with Crippen LogP contribution in [0.3, 0.4) is 0 Å². The van der Waals surface area contributed by atoms with Crippen LogP contribution in [0.2, 0.25) is 5.02 Å². The molecule has 0 fully saturated rings. The molecule has 3 aromatic rings. The maximum Gasteiger partial charge on any atom is 0.335 e. The quantitative estimate of drug-likeness (QED) is 0.670. The third kappa shape index (κ3) is 3.07. The van der Waals surface area contributed by atoms with Crippen LogP contribution in [-0.2, 0) is 4.79 Å². The smallest absolute Gasteiger partial charge is 0.335 e. The molecule has 0 spiro atoms. The summed E-state index contributed by atoms with van der Waals surface area (Å²) in [6, 6.07) is 8.08. The Labute approximate surface area is 165 Å². The Kier molecular flexibility index (Phi) is 4.47. The van der Waals surface area contributed by atoms with Crippen LogP contribution in [0.5, 0.6) is 0 Å². The molecule has 144 valence electrons. The molecule has 3 heterocycles. The number of carboxylic acid groups (broad SMARTS) is 1. The molecule has 4 rings (SSSR count). The molecule has 1 aromatic carbocycles. The van der Waals surface area contributed by atoms with E-state index < -0.39 is 5.97 Å². The molecule has 0 radical (unpaired) electrons. The summed E-state index contributed by atoms with van der Waals surface area (Å²) in [6.45, 7) is 3.98. The normalized spacial score (nSPS) is 16.1. The number of hydrogen-bond donors (Lipinski definition) is 2. The van der Waals surface area contributed by atoms with Crippen LogP contribution >= 0.6 is 11.6 Å². The highest BCUT2D eigenvalue weighted by atomic mass is 35.5. The second-order valence-electron chi connectivity index (χ2n) is 6.99. The van der Waals surface area contributed by atoms with Crippen molar-refractivity contribution in [3.8, 4) is 11.3 Å². The first-order valence-electron chi connectivity index (χ1n) is 8.85. The van der Waals surface area contributed by atoms with Gasteiger partial charge in [0.2, 0.25) is 5.91 Å². The van der Waals surface area contributed by atoms with E-state index in [-0.39, 0.29) is 29.9 Å². The highest BCUT2D eigenvalue weighted by Gasteiger charge is 2.32. The number of amides is 1. The second-order valence-corrected chi connectivity index (χ2v) is 7.40. The summed E-state index contributed by atoms with van der Waals surface area (Å²) >= 11 is 6.24. The van der Waals surface area contributed by atoms with Crippen LogP contribution in [0.1, 0.15) is 53.9 Å². The van der Waals surface area contributed by atoms with Crippen molar-refractivity contribution in [2.45, 2.75) is 32.2 Å². The molecular weight excluding hydrogens is 382 g/mol. The van der Waals surface area contributed by atoms with Crippen LogP contribution < -0.4 is 5.32 Å². The number of furan rings is 1. The molecule has 1 aliphatic heterocycles. The van der Waals surface area contributed by atoms with Gasteiger partial charge < -0.3 is 14.8 Å². The highest BCUT2D eigenvalue weighted by molar-refractivity contribution is 6.33. The molecule has 1 aliphatic rings. The van der Waals surface area contributed by atoms with Crippen molar-refractivity contribution in [2.75, 3.05) is 5.32 Å². The van der Waals surface area contributed by atoms with Crippen molar-refractivity contribution in [3.63, 3.8) is 0 Å². The standard InChI is InChI=1S/C20H18ClN3O4/c1-10(2)24-19-14(9-22-24)12(8-18(25)23-19)16-5-6-17(28-16)13-7-11(20(26)27)3-4-15(13)21/h3-7,9-10,12H,8H2,1-2H3,(H,23,25)(H,26,27)/t12-/m0/s1. The predicted molar refractivity (Wildman–Crippen MR) is 104 cm³/mol. The molecule has 7 nitrogen and oxygen atoms in total. The van der Waals surface area contributed by atoms with Gasteiger partial charge in [-0.3, -0.25) is 4.79 Å². The van der Waals surface area contributed by atoms with Gasteiger partial charge in [0.05, 0.1) is 22.7 Å². The van der Waals surface area contributed by atoms with E-state index in [0.29, 0.717) is 27.9 Å². The van der Waals surface area contributed by atoms with Crippen LogP contribution in [-0.4, -0.2) is 26.8 Å². The Morgan fingerprint density at radius 1 is 1.36 bits per heavy atom. The lowest BCUT2D eigenvalue weighted by atomic mass is 9.92. The van der Waals surface area contributed by atoms with Gasteiger partial charge in [0.25, 0.3) is 0 Å². The maximum absolute atomic E-state index is 12.3. The van der Waals surface area contributed by atoms with Crippen LogP contribution in [0.25, 0.3) is 11.3 Å². The van der Waals surface area contributed by atoms with Crippen molar-refractivity contribution >= 4 is 29.3 Å². The summed E-state index contributed by atoms with van der Waals surface area (Å²) in [7, 11) is 0. The Morgan fingerprint density at radius 2 is 2.14 bits per heavy atom. The minimum atomic E-state index is -1.04. The van der Waals surface area contributed by atoms with E-state index in [1.165, 1.54) is 18.2 Å². The molecule has 1 atom stereocenters. The third-order valence-electron chi connectivity index (χ3n) is 4.78. The number of benzene rings is 1. The molecule has 1 amide bonds. The average molecular weight is 400 g/mol. The molecule has 0 bridgehead atoms. The third-order valence-corrected chi connectivity index (χ3v) is 5.11. The molecule has 0 saturated heterocycles. The topological polar surface area (TPSA) is 97.4 Å². The van der Waals surface area contributed by atoms with E-state index in [0.717, 1.165) is 5.56 Å². The van der Waals surface area contributed by atoms with Gasteiger partial charge in [0.1, 0.15) is 17.3 Å². The number of carbonyl (C=O) groups is 2. The Bertz CT molecular complexity index is 1080. The van der Waals surface area contributed by atoms with Crippen molar-refractivity contribution in [2.24, 2.45) is 0 Å². The fourth-order valence-electron chi connectivity index (χ4n) is 3.42. The first-order chi connectivity index (χ1) is 13.3. The number of nitrogens with zero attached hydrogens (tertiary/aromatic N) is 2. The fraction of sp³-hybridized carbons (Fsp3) is 0.250. The number of nitrogens with one attached hydrogen (secondary N) is 1. The van der Waals surface area contributed by atoms with Gasteiger partial charge in [0.15, 0.2) is 0 Å². The zero-order valence-corrected chi connectivity index (χ0v) is 16.0. The van der Waals surface area contributed by atoms with E-state index in [4.69, 9.17) is 16.0 Å². The lowest BCUT2D eigenvalue weighted by Gasteiger charge is -2.23. The zero-order chi connectivity index (χ0) is 20.0. The number of aromatic nitrogens is 2. The van der Waals surface area contributed by atoms with Crippen LogP contribution in [0, 0.1) is 0 Å². The number of carboxylic acids is 1. The van der Waals surface area contributed by atoms with Gasteiger partial charge >= 0.3 is 5.97 Å². The van der Waals surface area contributed by atoms with Gasteiger partial charge in [-0.05, 0) is 44.2 Å². The largest absolute Gasteiger partial charge is 0.478 e. The van der Waals surface area contributed by atoms with Gasteiger partial charge in [-0.2, -0.15) is 5.10 Å². The van der Waals surface area contributed by atoms with Gasteiger partial charge in [0, 0.05) is 23.6 Å². The van der Waals surface area contributed by atoms with E-state index in [9.17, 15) is 14.7 Å². The molecule has 2 aromatic heterocycles. The number of rotatable bonds is 4. The van der Waals surface area contributed by atoms with Crippen molar-refractivity contribution in [1.29, 1.82) is 0 Å². The molecular formula is C20H18ClN3O4. The Morgan fingerprint density at radius 3 is 2.86 bits per heavy atom. The molecule has 0 aliphatic carbocycles. The summed E-state index contributed by atoms with van der Waals surface area (Å²) in [6.07, 6.45) is 1.99. The zero-order valence-electron chi connectivity index (χ0n) is 15.3. The SMILES string of the molecule is CC(C)n1ncc2c1NC(=O)C[C@@H]2c1ccc(-c2cc(C(=O)O)ccc2Cl)o1. The lowest BCUT2D eigenvalue weighted by Crippen LogP contribution is -2.25. The fourth-order valence-corrected chi connectivity index (χ4v) is 3.63. The summed E-state index contributed by atoms with van der Waals surface area (Å²) < 4.78 is 7.78. The average Bonchev–Trinajstić information content (AvgIpc) is 3.28. The predicted octanol–water partition coefficient (Wildman–Crippen LogP) is 4.55. The van der Waals surface area contributed by atoms with Crippen molar-refractivity contribution in [1.82, 2.24) is 9.78 Å². The first kappa shape index (κ1) is 18.3. The summed E-state index contributed by atoms with van der Waals surface area (Å²) in [5.74, 6) is 0.313. The molecule has 2 N–H and O–H groups in total. The van der Waals surface area contributed by atoms with E-state index >= 15 is 0 Å². The molecule has 0 saturated carbocycles. The minimum absolute atomic E-state index is 0.104. The summed E-state index contributed by atoms with van der Waals surface area (Å²) in [4.78, 5) is 23.5. The number of halogens is 1. The van der Waals surface area contributed by atoms with Crippen LogP contribution in [0.4, 0.5) is 5.82 Å². The van der Waals surface area contributed by atoms with Gasteiger partial charge in [-0.25, -0.2) is 9.48 Å². The molecule has 8 heteroatoms. The Hall–Kier alpha value is -3.06. The maximum atomic E-state index is 12.3. The number of aromatic carboxylic acids is 1. The van der Waals surface area contributed by atoms with Gasteiger partial charge in [-0.1, -0.05) is 11.6 Å². The minimum Gasteiger partial charge on any atom is -0.478 e. The van der Waals surface area contributed by atoms with E-state index in [2.05, 4.69) is 10.4 Å².